The average molecular weight is 365 g/mol. The molecule has 0 aromatic heterocycles. The molecule has 0 radical (unpaired) electrons. The number of fused-ring (bicyclic) bond motifs is 1. The highest BCUT2D eigenvalue weighted by molar-refractivity contribution is 6.31. The third-order valence-electron chi connectivity index (χ3n) is 4.99. The minimum atomic E-state index is -0.130. The summed E-state index contributed by atoms with van der Waals surface area (Å²) in [5, 5.41) is 3.30. The maximum Gasteiger partial charge on any atom is 0.256 e. The Bertz CT molecular complexity index is 666. The first kappa shape index (κ1) is 18.2. The second kappa shape index (κ2) is 7.72. The zero-order valence-electron chi connectivity index (χ0n) is 14.8. The number of halogens is 1. The Hall–Kier alpha value is -1.63. The van der Waals surface area contributed by atoms with E-state index < -0.39 is 0 Å². The Balaban J connectivity index is 1.77. The van der Waals surface area contributed by atoms with E-state index in [9.17, 15) is 9.59 Å². The molecular weight excluding hydrogens is 340 g/mol. The molecule has 0 saturated carbocycles. The normalized spacial score (nSPS) is 21.7. The molecule has 0 aliphatic carbocycles. The maximum absolute atomic E-state index is 13.1. The van der Waals surface area contributed by atoms with Crippen LogP contribution in [0.5, 0.6) is 0 Å². The highest BCUT2D eigenvalue weighted by Gasteiger charge is 2.33. The molecule has 3 rings (SSSR count). The minimum absolute atomic E-state index is 0.0454. The number of amides is 2. The SMILES string of the molecule is CCC(=O)Nc1cc(Cl)ccc1C(=O)N1CCN2CCN(C)C[C@@H]2C1. The van der Waals surface area contributed by atoms with Crippen molar-refractivity contribution >= 4 is 29.1 Å². The van der Waals surface area contributed by atoms with Crippen LogP contribution < -0.4 is 5.32 Å². The van der Waals surface area contributed by atoms with E-state index in [4.69, 9.17) is 11.6 Å². The van der Waals surface area contributed by atoms with Crippen LogP contribution in [0.15, 0.2) is 18.2 Å². The second-order valence-electron chi connectivity index (χ2n) is 6.79. The van der Waals surface area contributed by atoms with Gasteiger partial charge in [0.05, 0.1) is 11.3 Å². The van der Waals surface area contributed by atoms with Gasteiger partial charge in [0.1, 0.15) is 0 Å². The van der Waals surface area contributed by atoms with Crippen molar-refractivity contribution in [3.63, 3.8) is 0 Å². The van der Waals surface area contributed by atoms with E-state index in [1.807, 2.05) is 4.90 Å². The van der Waals surface area contributed by atoms with Crippen LogP contribution in [0.1, 0.15) is 23.7 Å². The summed E-state index contributed by atoms with van der Waals surface area (Å²) in [5.41, 5.74) is 0.997. The number of anilines is 1. The minimum Gasteiger partial charge on any atom is -0.336 e. The first-order chi connectivity index (χ1) is 12.0. The fraction of sp³-hybridized carbons (Fsp3) is 0.556. The van der Waals surface area contributed by atoms with Gasteiger partial charge in [-0.2, -0.15) is 0 Å². The van der Waals surface area contributed by atoms with E-state index >= 15 is 0 Å². The predicted octanol–water partition coefficient (Wildman–Crippen LogP) is 1.76. The summed E-state index contributed by atoms with van der Waals surface area (Å²) >= 11 is 6.05. The molecule has 6 nitrogen and oxygen atoms in total. The van der Waals surface area contributed by atoms with Gasteiger partial charge in [0.15, 0.2) is 0 Å². The number of carbonyl (C=O) groups is 2. The predicted molar refractivity (Wildman–Crippen MR) is 99.1 cm³/mol. The lowest BCUT2D eigenvalue weighted by molar-refractivity contribution is -0.115. The summed E-state index contributed by atoms with van der Waals surface area (Å²) in [6.07, 6.45) is 0.354. The van der Waals surface area contributed by atoms with Gasteiger partial charge in [0.25, 0.3) is 5.91 Å². The first-order valence-electron chi connectivity index (χ1n) is 8.79. The quantitative estimate of drug-likeness (QED) is 0.888. The Morgan fingerprint density at radius 3 is 2.72 bits per heavy atom. The van der Waals surface area contributed by atoms with Crippen LogP contribution in [-0.2, 0) is 4.79 Å². The number of piperazine rings is 2. The Morgan fingerprint density at radius 1 is 1.20 bits per heavy atom. The molecule has 25 heavy (non-hydrogen) atoms. The van der Waals surface area contributed by atoms with E-state index in [1.54, 1.807) is 25.1 Å². The van der Waals surface area contributed by atoms with E-state index in [0.717, 1.165) is 26.2 Å². The van der Waals surface area contributed by atoms with Crippen molar-refractivity contribution in [2.45, 2.75) is 19.4 Å². The molecule has 0 bridgehead atoms. The fourth-order valence-corrected chi connectivity index (χ4v) is 3.68. The van der Waals surface area contributed by atoms with Gasteiger partial charge >= 0.3 is 0 Å². The highest BCUT2D eigenvalue weighted by atomic mass is 35.5. The Morgan fingerprint density at radius 2 is 1.96 bits per heavy atom. The van der Waals surface area contributed by atoms with Crippen molar-refractivity contribution in [2.75, 3.05) is 51.6 Å². The molecule has 0 unspecified atom stereocenters. The highest BCUT2D eigenvalue weighted by Crippen LogP contribution is 2.24. The molecule has 0 spiro atoms. The van der Waals surface area contributed by atoms with Crippen molar-refractivity contribution in [1.82, 2.24) is 14.7 Å². The van der Waals surface area contributed by atoms with Crippen LogP contribution in [0.25, 0.3) is 0 Å². The van der Waals surface area contributed by atoms with Crippen LogP contribution in [-0.4, -0.2) is 78.9 Å². The summed E-state index contributed by atoms with van der Waals surface area (Å²) in [7, 11) is 2.12. The molecule has 2 aliphatic heterocycles. The third kappa shape index (κ3) is 4.14. The molecule has 136 valence electrons. The maximum atomic E-state index is 13.1. The van der Waals surface area contributed by atoms with Crippen molar-refractivity contribution in [1.29, 1.82) is 0 Å². The van der Waals surface area contributed by atoms with Gasteiger partial charge in [-0.15, -0.1) is 0 Å². The molecule has 7 heteroatoms. The third-order valence-corrected chi connectivity index (χ3v) is 5.23. The average Bonchev–Trinajstić information content (AvgIpc) is 2.60. The van der Waals surface area contributed by atoms with E-state index in [2.05, 4.69) is 22.2 Å². The molecule has 1 aromatic rings. The number of rotatable bonds is 3. The molecule has 2 aliphatic rings. The zero-order chi connectivity index (χ0) is 18.0. The van der Waals surface area contributed by atoms with Crippen LogP contribution in [0.4, 0.5) is 5.69 Å². The van der Waals surface area contributed by atoms with Crippen molar-refractivity contribution < 1.29 is 9.59 Å². The van der Waals surface area contributed by atoms with Crippen LogP contribution in [0.2, 0.25) is 5.02 Å². The van der Waals surface area contributed by atoms with Crippen molar-refractivity contribution in [3.8, 4) is 0 Å². The van der Waals surface area contributed by atoms with Gasteiger partial charge in [-0.05, 0) is 25.2 Å². The summed E-state index contributed by atoms with van der Waals surface area (Å²) in [4.78, 5) is 31.5. The number of carbonyl (C=O) groups excluding carboxylic acids is 2. The number of nitrogens with zero attached hydrogens (tertiary/aromatic N) is 3. The molecule has 1 atom stereocenters. The van der Waals surface area contributed by atoms with Crippen LogP contribution in [0.3, 0.4) is 0 Å². The lowest BCUT2D eigenvalue weighted by atomic mass is 10.1. The molecule has 2 heterocycles. The largest absolute Gasteiger partial charge is 0.336 e. The van der Waals surface area contributed by atoms with Gasteiger partial charge < -0.3 is 15.1 Å². The van der Waals surface area contributed by atoms with Gasteiger partial charge in [-0.1, -0.05) is 18.5 Å². The van der Waals surface area contributed by atoms with Gasteiger partial charge in [0, 0.05) is 56.8 Å². The van der Waals surface area contributed by atoms with E-state index in [-0.39, 0.29) is 11.8 Å². The van der Waals surface area contributed by atoms with Crippen LogP contribution >= 0.6 is 11.6 Å². The number of benzene rings is 1. The summed E-state index contributed by atoms with van der Waals surface area (Å²) in [6.45, 7) is 7.21. The van der Waals surface area contributed by atoms with Gasteiger partial charge in [-0.25, -0.2) is 0 Å². The topological polar surface area (TPSA) is 55.9 Å². The lowest BCUT2D eigenvalue weighted by Gasteiger charge is -2.46. The van der Waals surface area contributed by atoms with Gasteiger partial charge in [-0.3, -0.25) is 14.5 Å². The zero-order valence-corrected chi connectivity index (χ0v) is 15.6. The molecule has 1 aromatic carbocycles. The lowest BCUT2D eigenvalue weighted by Crippen LogP contribution is -2.62. The second-order valence-corrected chi connectivity index (χ2v) is 7.23. The molecule has 1 N–H and O–H groups in total. The summed E-state index contributed by atoms with van der Waals surface area (Å²) in [5.74, 6) is -0.175. The number of hydrogen-bond donors (Lipinski definition) is 1. The first-order valence-corrected chi connectivity index (χ1v) is 9.17. The van der Waals surface area contributed by atoms with E-state index in [0.29, 0.717) is 41.8 Å². The Kier molecular flexibility index (Phi) is 5.61. The van der Waals surface area contributed by atoms with E-state index in [1.165, 1.54) is 0 Å². The van der Waals surface area contributed by atoms with Crippen molar-refractivity contribution in [2.24, 2.45) is 0 Å². The van der Waals surface area contributed by atoms with Crippen molar-refractivity contribution in [3.05, 3.63) is 28.8 Å². The Labute approximate surface area is 153 Å². The molecular formula is C18H25ClN4O2. The number of nitrogens with one attached hydrogen (secondary N) is 1. The number of hydrogen-bond acceptors (Lipinski definition) is 4. The number of likely N-dealkylation sites (N-methyl/N-ethyl adjacent to an activating group) is 1. The standard InChI is InChI=1S/C18H25ClN4O2/c1-3-17(24)20-16-10-13(19)4-5-15(16)18(25)23-9-8-22-7-6-21(2)11-14(22)12-23/h4-5,10,14H,3,6-9,11-12H2,1-2H3,(H,20,24)/t14-/m1/s1. The fourth-order valence-electron chi connectivity index (χ4n) is 3.51. The smallest absolute Gasteiger partial charge is 0.256 e. The summed E-state index contributed by atoms with van der Waals surface area (Å²) in [6, 6.07) is 5.42. The van der Waals surface area contributed by atoms with Crippen LogP contribution in [0, 0.1) is 0 Å². The molecule has 2 saturated heterocycles. The molecule has 2 amide bonds. The monoisotopic (exact) mass is 364 g/mol. The summed E-state index contributed by atoms with van der Waals surface area (Å²) < 4.78 is 0. The van der Waals surface area contributed by atoms with Gasteiger partial charge in [0.2, 0.25) is 5.91 Å². The molecule has 2 fully saturated rings.